The summed E-state index contributed by atoms with van der Waals surface area (Å²) in [5, 5.41) is 0. The third kappa shape index (κ3) is 11.0. The summed E-state index contributed by atoms with van der Waals surface area (Å²) in [5.74, 6) is 1.47. The van der Waals surface area contributed by atoms with E-state index in [2.05, 4.69) is 32.0 Å². The number of rotatable bonds is 7. The summed E-state index contributed by atoms with van der Waals surface area (Å²) in [6.45, 7) is 16.3. The monoisotopic (exact) mass is 422 g/mol. The summed E-state index contributed by atoms with van der Waals surface area (Å²) in [5.41, 5.74) is 2.50. The van der Waals surface area contributed by atoms with E-state index in [0.29, 0.717) is 12.0 Å². The van der Waals surface area contributed by atoms with Gasteiger partial charge in [0.05, 0.1) is 13.2 Å². The highest BCUT2D eigenvalue weighted by atomic mass is 16.6. The van der Waals surface area contributed by atoms with Crippen LogP contribution in [0.25, 0.3) is 0 Å². The molecular formula is C26H46O4. The van der Waals surface area contributed by atoms with E-state index < -0.39 is 0 Å². The number of carbonyl (C=O) groups excluding carboxylic acids is 1. The van der Waals surface area contributed by atoms with Crippen LogP contribution in [0.3, 0.4) is 0 Å². The molecule has 0 fully saturated rings. The van der Waals surface area contributed by atoms with Crippen molar-refractivity contribution in [1.82, 2.24) is 0 Å². The van der Waals surface area contributed by atoms with Gasteiger partial charge in [-0.1, -0.05) is 52.7 Å². The maximum atomic E-state index is 10.2. The topological polar surface area (TPSA) is 44.8 Å². The van der Waals surface area contributed by atoms with E-state index in [9.17, 15) is 4.79 Å². The molecule has 0 saturated heterocycles. The first-order valence-corrected chi connectivity index (χ1v) is 11.7. The molecule has 2 atom stereocenters. The number of ether oxygens (including phenoxy) is 3. The molecule has 0 radical (unpaired) electrons. The molecule has 1 aliphatic rings. The van der Waals surface area contributed by atoms with E-state index in [1.165, 1.54) is 37.3 Å². The second-order valence-corrected chi connectivity index (χ2v) is 8.52. The molecule has 30 heavy (non-hydrogen) atoms. The van der Waals surface area contributed by atoms with Crippen molar-refractivity contribution in [2.24, 2.45) is 5.92 Å². The Hall–Kier alpha value is -1.55. The van der Waals surface area contributed by atoms with E-state index in [0.717, 1.165) is 31.6 Å². The quantitative estimate of drug-likeness (QED) is 0.455. The number of unbranched alkanes of at least 4 members (excludes halogenated alkanes) is 1. The van der Waals surface area contributed by atoms with Crippen molar-refractivity contribution in [2.75, 3.05) is 13.7 Å². The number of hydrogen-bond acceptors (Lipinski definition) is 4. The van der Waals surface area contributed by atoms with Gasteiger partial charge in [-0.05, 0) is 63.1 Å². The van der Waals surface area contributed by atoms with Crippen LogP contribution < -0.4 is 4.74 Å². The van der Waals surface area contributed by atoms with Gasteiger partial charge in [0.25, 0.3) is 0 Å². The highest BCUT2D eigenvalue weighted by Crippen LogP contribution is 2.35. The number of esters is 1. The van der Waals surface area contributed by atoms with Crippen LogP contribution in [-0.4, -0.2) is 31.4 Å². The van der Waals surface area contributed by atoms with Gasteiger partial charge in [0, 0.05) is 20.0 Å². The Morgan fingerprint density at radius 2 is 1.77 bits per heavy atom. The van der Waals surface area contributed by atoms with Gasteiger partial charge in [-0.15, -0.1) is 0 Å². The number of benzene rings is 1. The summed E-state index contributed by atoms with van der Waals surface area (Å²) < 4.78 is 16.5. The van der Waals surface area contributed by atoms with E-state index in [-0.39, 0.29) is 11.6 Å². The highest BCUT2D eigenvalue weighted by Gasteiger charge is 2.30. The minimum absolute atomic E-state index is 0.225. The zero-order valence-corrected chi connectivity index (χ0v) is 21.0. The third-order valence-electron chi connectivity index (χ3n) is 4.78. The second kappa shape index (κ2) is 15.3. The van der Waals surface area contributed by atoms with Gasteiger partial charge in [0.1, 0.15) is 11.4 Å². The van der Waals surface area contributed by atoms with Crippen LogP contribution in [0.15, 0.2) is 18.2 Å². The van der Waals surface area contributed by atoms with Gasteiger partial charge in [-0.2, -0.15) is 0 Å². The summed E-state index contributed by atoms with van der Waals surface area (Å²) in [4.78, 5) is 10.2. The van der Waals surface area contributed by atoms with Crippen LogP contribution in [0.1, 0.15) is 92.2 Å². The van der Waals surface area contributed by atoms with E-state index >= 15 is 0 Å². The SMILES string of the molecule is CC.CC(=O)OC(C)(C)C.CCCC[C@@H]1Cc2cccc(OC)c2CC1OCCC. The lowest BCUT2D eigenvalue weighted by atomic mass is 9.79. The average Bonchev–Trinajstić information content (AvgIpc) is 2.70. The number of fused-ring (bicyclic) bond motifs is 1. The molecule has 1 aromatic carbocycles. The predicted octanol–water partition coefficient (Wildman–Crippen LogP) is 6.77. The zero-order valence-electron chi connectivity index (χ0n) is 21.0. The van der Waals surface area contributed by atoms with Crippen LogP contribution >= 0.6 is 0 Å². The van der Waals surface area contributed by atoms with Gasteiger partial charge < -0.3 is 14.2 Å². The van der Waals surface area contributed by atoms with Gasteiger partial charge in [-0.3, -0.25) is 4.79 Å². The fraction of sp³-hybridized carbons (Fsp3) is 0.731. The molecular weight excluding hydrogens is 376 g/mol. The van der Waals surface area contributed by atoms with Crippen molar-refractivity contribution in [3.05, 3.63) is 29.3 Å². The third-order valence-corrected chi connectivity index (χ3v) is 4.78. The van der Waals surface area contributed by atoms with Crippen LogP contribution in [0.4, 0.5) is 0 Å². The van der Waals surface area contributed by atoms with Gasteiger partial charge >= 0.3 is 5.97 Å². The summed E-state index contributed by atoms with van der Waals surface area (Å²) in [6, 6.07) is 6.44. The fourth-order valence-corrected chi connectivity index (χ4v) is 3.66. The van der Waals surface area contributed by atoms with Crippen LogP contribution in [0.5, 0.6) is 5.75 Å². The first-order chi connectivity index (χ1) is 14.2. The first-order valence-electron chi connectivity index (χ1n) is 11.7. The predicted molar refractivity (Wildman–Crippen MR) is 126 cm³/mol. The molecule has 0 spiro atoms. The normalized spacial score (nSPS) is 17.5. The van der Waals surface area contributed by atoms with E-state index in [1.54, 1.807) is 7.11 Å². The maximum absolute atomic E-state index is 10.2. The van der Waals surface area contributed by atoms with E-state index in [4.69, 9.17) is 14.2 Å². The van der Waals surface area contributed by atoms with Gasteiger partial charge in [0.15, 0.2) is 0 Å². The van der Waals surface area contributed by atoms with Crippen molar-refractivity contribution >= 4 is 5.97 Å². The summed E-state index contributed by atoms with van der Waals surface area (Å²) in [7, 11) is 1.76. The molecule has 1 unspecified atom stereocenters. The number of hydrogen-bond donors (Lipinski definition) is 0. The molecule has 0 bridgehead atoms. The summed E-state index contributed by atoms with van der Waals surface area (Å²) in [6.07, 6.45) is 7.45. The standard InChI is InChI=1S/C18H28O2.C6H12O2.C2H6/c1-4-6-8-15-12-14-9-7-10-17(19-3)16(14)13-18(15)20-11-5-2;1-5(7)8-6(2,3)4;1-2/h7,9-10,15,18H,4-6,8,11-13H2,1-3H3;1-4H3;1-2H3/t15-,18?;;/m1../s1. The lowest BCUT2D eigenvalue weighted by Crippen LogP contribution is -2.33. The molecule has 0 saturated carbocycles. The van der Waals surface area contributed by atoms with Crippen LogP contribution in [-0.2, 0) is 27.1 Å². The number of carbonyl (C=O) groups is 1. The lowest BCUT2D eigenvalue weighted by Gasteiger charge is -2.34. The Bertz CT molecular complexity index is 589. The average molecular weight is 423 g/mol. The van der Waals surface area contributed by atoms with Crippen molar-refractivity contribution in [2.45, 2.75) is 106 Å². The molecule has 2 rings (SSSR count). The van der Waals surface area contributed by atoms with Crippen molar-refractivity contribution < 1.29 is 19.0 Å². The fourth-order valence-electron chi connectivity index (χ4n) is 3.66. The molecule has 0 aromatic heterocycles. The molecule has 174 valence electrons. The molecule has 4 heteroatoms. The van der Waals surface area contributed by atoms with Crippen molar-refractivity contribution in [3.8, 4) is 5.75 Å². The Morgan fingerprint density at radius 1 is 1.10 bits per heavy atom. The Kier molecular flexibility index (Phi) is 14.5. The molecule has 1 aliphatic carbocycles. The first kappa shape index (κ1) is 28.5. The molecule has 0 aliphatic heterocycles. The number of methoxy groups -OCH3 is 1. The van der Waals surface area contributed by atoms with Gasteiger partial charge in [0.2, 0.25) is 0 Å². The Labute approximate surface area is 185 Å². The smallest absolute Gasteiger partial charge is 0.303 e. The largest absolute Gasteiger partial charge is 0.496 e. The summed E-state index contributed by atoms with van der Waals surface area (Å²) >= 11 is 0. The molecule has 1 aromatic rings. The van der Waals surface area contributed by atoms with Crippen molar-refractivity contribution in [3.63, 3.8) is 0 Å². The van der Waals surface area contributed by atoms with Crippen molar-refractivity contribution in [1.29, 1.82) is 0 Å². The maximum Gasteiger partial charge on any atom is 0.303 e. The Balaban J connectivity index is 0.000000712. The highest BCUT2D eigenvalue weighted by molar-refractivity contribution is 5.66. The van der Waals surface area contributed by atoms with Crippen LogP contribution in [0.2, 0.25) is 0 Å². The second-order valence-electron chi connectivity index (χ2n) is 8.52. The minimum Gasteiger partial charge on any atom is -0.496 e. The molecule has 0 heterocycles. The lowest BCUT2D eigenvalue weighted by molar-refractivity contribution is -0.151. The van der Waals surface area contributed by atoms with Gasteiger partial charge in [-0.25, -0.2) is 0 Å². The van der Waals surface area contributed by atoms with Crippen LogP contribution in [0, 0.1) is 5.92 Å². The molecule has 0 amide bonds. The molecule has 0 N–H and O–H groups in total. The zero-order chi connectivity index (χ0) is 23.2. The molecule has 4 nitrogen and oxygen atoms in total. The van der Waals surface area contributed by atoms with E-state index in [1.807, 2.05) is 34.6 Å². The Morgan fingerprint density at radius 3 is 2.23 bits per heavy atom. The minimum atomic E-state index is -0.328.